The number of ether oxygens (including phenoxy) is 1. The van der Waals surface area contributed by atoms with Crippen LogP contribution in [0.5, 0.6) is 5.75 Å². The normalized spacial score (nSPS) is 11.1. The molecular formula is C13H21ClN2O2. The largest absolute Gasteiger partial charge is 0.506 e. The van der Waals surface area contributed by atoms with E-state index in [9.17, 15) is 5.11 Å². The summed E-state index contributed by atoms with van der Waals surface area (Å²) in [5.74, 6) is 0.125. The first-order chi connectivity index (χ1) is 8.63. The van der Waals surface area contributed by atoms with Crippen LogP contribution in [0.4, 0.5) is 0 Å². The third kappa shape index (κ3) is 5.69. The predicted octanol–water partition coefficient (Wildman–Crippen LogP) is 1.71. The number of phenols is 1. The van der Waals surface area contributed by atoms with Gasteiger partial charge in [-0.25, -0.2) is 0 Å². The first-order valence-corrected chi connectivity index (χ1v) is 6.37. The van der Waals surface area contributed by atoms with Gasteiger partial charge in [-0.2, -0.15) is 0 Å². The lowest BCUT2D eigenvalue weighted by Crippen LogP contribution is -2.31. The molecule has 0 amide bonds. The van der Waals surface area contributed by atoms with Crippen LogP contribution in [0.2, 0.25) is 5.02 Å². The number of phenolic OH excluding ortho intramolecular Hbond substituents is 1. The fourth-order valence-electron chi connectivity index (χ4n) is 1.52. The van der Waals surface area contributed by atoms with Crippen LogP contribution in [0, 0.1) is 0 Å². The SMILES string of the molecule is COCCN(C)CCNCc1ccc(O)c(Cl)c1. The molecule has 102 valence electrons. The molecule has 0 saturated carbocycles. The van der Waals surface area contributed by atoms with Crippen molar-refractivity contribution in [2.24, 2.45) is 0 Å². The van der Waals surface area contributed by atoms with Gasteiger partial charge >= 0.3 is 0 Å². The number of aromatic hydroxyl groups is 1. The van der Waals surface area contributed by atoms with E-state index in [0.29, 0.717) is 5.02 Å². The molecule has 1 rings (SSSR count). The predicted molar refractivity (Wildman–Crippen MR) is 74.2 cm³/mol. The molecule has 0 atom stereocenters. The van der Waals surface area contributed by atoms with Crippen LogP contribution < -0.4 is 5.32 Å². The Morgan fingerprint density at radius 3 is 2.83 bits per heavy atom. The number of benzene rings is 1. The van der Waals surface area contributed by atoms with Gasteiger partial charge in [0.2, 0.25) is 0 Å². The topological polar surface area (TPSA) is 44.7 Å². The quantitative estimate of drug-likeness (QED) is 0.708. The Hall–Kier alpha value is -0.810. The smallest absolute Gasteiger partial charge is 0.134 e. The van der Waals surface area contributed by atoms with Crippen molar-refractivity contribution in [3.63, 3.8) is 0 Å². The minimum Gasteiger partial charge on any atom is -0.506 e. The van der Waals surface area contributed by atoms with Crippen LogP contribution in [0.15, 0.2) is 18.2 Å². The molecule has 0 heterocycles. The monoisotopic (exact) mass is 272 g/mol. The highest BCUT2D eigenvalue weighted by Gasteiger charge is 2.00. The highest BCUT2D eigenvalue weighted by Crippen LogP contribution is 2.23. The maximum Gasteiger partial charge on any atom is 0.134 e. The maximum absolute atomic E-state index is 9.30. The van der Waals surface area contributed by atoms with Crippen molar-refractivity contribution in [2.45, 2.75) is 6.54 Å². The molecule has 0 bridgehead atoms. The van der Waals surface area contributed by atoms with Crippen LogP contribution in [0.25, 0.3) is 0 Å². The zero-order valence-corrected chi connectivity index (χ0v) is 11.7. The first-order valence-electron chi connectivity index (χ1n) is 5.99. The van der Waals surface area contributed by atoms with Crippen molar-refractivity contribution in [1.82, 2.24) is 10.2 Å². The fourth-order valence-corrected chi connectivity index (χ4v) is 1.73. The van der Waals surface area contributed by atoms with Crippen molar-refractivity contribution in [3.8, 4) is 5.75 Å². The van der Waals surface area contributed by atoms with Crippen LogP contribution >= 0.6 is 11.6 Å². The number of rotatable bonds is 8. The number of hydrogen-bond donors (Lipinski definition) is 2. The minimum absolute atomic E-state index is 0.125. The van der Waals surface area contributed by atoms with Crippen LogP contribution in [0.3, 0.4) is 0 Å². The molecule has 0 radical (unpaired) electrons. The molecular weight excluding hydrogens is 252 g/mol. The van der Waals surface area contributed by atoms with Crippen molar-refractivity contribution in [3.05, 3.63) is 28.8 Å². The molecule has 2 N–H and O–H groups in total. The number of nitrogens with zero attached hydrogens (tertiary/aromatic N) is 1. The van der Waals surface area contributed by atoms with Gasteiger partial charge < -0.3 is 20.1 Å². The Kier molecular flexibility index (Phi) is 7.05. The second-order valence-corrected chi connectivity index (χ2v) is 4.67. The number of nitrogens with one attached hydrogen (secondary N) is 1. The number of likely N-dealkylation sites (N-methyl/N-ethyl adjacent to an activating group) is 1. The molecule has 0 unspecified atom stereocenters. The Balaban J connectivity index is 2.19. The Bertz CT molecular complexity index is 361. The number of halogens is 1. The van der Waals surface area contributed by atoms with Gasteiger partial charge in [0.25, 0.3) is 0 Å². The van der Waals surface area contributed by atoms with Crippen LogP contribution in [0.1, 0.15) is 5.56 Å². The molecule has 0 aliphatic rings. The first kappa shape index (κ1) is 15.2. The number of methoxy groups -OCH3 is 1. The second-order valence-electron chi connectivity index (χ2n) is 4.26. The molecule has 1 aromatic rings. The lowest BCUT2D eigenvalue weighted by molar-refractivity contribution is 0.161. The highest BCUT2D eigenvalue weighted by molar-refractivity contribution is 6.32. The summed E-state index contributed by atoms with van der Waals surface area (Å²) in [6.45, 7) is 4.30. The molecule has 0 saturated heterocycles. The van der Waals surface area contributed by atoms with E-state index >= 15 is 0 Å². The Morgan fingerprint density at radius 1 is 1.39 bits per heavy atom. The van der Waals surface area contributed by atoms with E-state index in [0.717, 1.165) is 38.3 Å². The van der Waals surface area contributed by atoms with Crippen LogP contribution in [-0.4, -0.2) is 50.4 Å². The molecule has 0 fully saturated rings. The molecule has 0 aliphatic carbocycles. The van der Waals surface area contributed by atoms with Gasteiger partial charge in [0.1, 0.15) is 5.75 Å². The molecule has 5 heteroatoms. The average Bonchev–Trinajstić information content (AvgIpc) is 2.36. The highest BCUT2D eigenvalue weighted by atomic mass is 35.5. The summed E-state index contributed by atoms with van der Waals surface area (Å²) in [5, 5.41) is 13.0. The van der Waals surface area contributed by atoms with E-state index in [2.05, 4.69) is 17.3 Å². The van der Waals surface area contributed by atoms with Crippen molar-refractivity contribution in [2.75, 3.05) is 40.4 Å². The molecule has 1 aromatic carbocycles. The molecule has 0 aliphatic heterocycles. The molecule has 0 aromatic heterocycles. The standard InChI is InChI=1S/C13H21ClN2O2/c1-16(7-8-18-2)6-5-15-10-11-3-4-13(17)12(14)9-11/h3-4,9,15,17H,5-8,10H2,1-2H3. The van der Waals surface area contributed by atoms with E-state index in [4.69, 9.17) is 16.3 Å². The molecule has 4 nitrogen and oxygen atoms in total. The van der Waals surface area contributed by atoms with Crippen LogP contribution in [-0.2, 0) is 11.3 Å². The van der Waals surface area contributed by atoms with Crippen molar-refractivity contribution < 1.29 is 9.84 Å². The van der Waals surface area contributed by atoms with Gasteiger partial charge in [-0.3, -0.25) is 0 Å². The lowest BCUT2D eigenvalue weighted by atomic mass is 10.2. The van der Waals surface area contributed by atoms with E-state index in [1.165, 1.54) is 0 Å². The summed E-state index contributed by atoms with van der Waals surface area (Å²) in [4.78, 5) is 2.21. The van der Waals surface area contributed by atoms with Gasteiger partial charge in [0.05, 0.1) is 11.6 Å². The van der Waals surface area contributed by atoms with E-state index in [-0.39, 0.29) is 5.75 Å². The fraction of sp³-hybridized carbons (Fsp3) is 0.538. The van der Waals surface area contributed by atoms with Gasteiger partial charge in [-0.1, -0.05) is 17.7 Å². The summed E-state index contributed by atoms with van der Waals surface area (Å²) in [6, 6.07) is 5.26. The lowest BCUT2D eigenvalue weighted by Gasteiger charge is -2.16. The number of hydrogen-bond acceptors (Lipinski definition) is 4. The van der Waals surface area contributed by atoms with Gasteiger partial charge in [0.15, 0.2) is 0 Å². The van der Waals surface area contributed by atoms with Gasteiger partial charge in [-0.05, 0) is 24.7 Å². The van der Waals surface area contributed by atoms with E-state index < -0.39 is 0 Å². The Morgan fingerprint density at radius 2 is 2.17 bits per heavy atom. The van der Waals surface area contributed by atoms with E-state index in [1.54, 1.807) is 19.2 Å². The maximum atomic E-state index is 9.30. The zero-order valence-electron chi connectivity index (χ0n) is 10.9. The third-order valence-electron chi connectivity index (χ3n) is 2.69. The summed E-state index contributed by atoms with van der Waals surface area (Å²) < 4.78 is 5.01. The van der Waals surface area contributed by atoms with Crippen molar-refractivity contribution in [1.29, 1.82) is 0 Å². The van der Waals surface area contributed by atoms with Gasteiger partial charge in [0, 0.05) is 33.3 Å². The zero-order chi connectivity index (χ0) is 13.4. The summed E-state index contributed by atoms with van der Waals surface area (Å²) in [6.07, 6.45) is 0. The summed E-state index contributed by atoms with van der Waals surface area (Å²) in [7, 11) is 3.78. The van der Waals surface area contributed by atoms with Crippen molar-refractivity contribution >= 4 is 11.6 Å². The van der Waals surface area contributed by atoms with E-state index in [1.807, 2.05) is 6.07 Å². The summed E-state index contributed by atoms with van der Waals surface area (Å²) in [5.41, 5.74) is 1.07. The Labute approximate surface area is 114 Å². The minimum atomic E-state index is 0.125. The average molecular weight is 273 g/mol. The molecule has 18 heavy (non-hydrogen) atoms. The third-order valence-corrected chi connectivity index (χ3v) is 2.99. The second kappa shape index (κ2) is 8.32. The van der Waals surface area contributed by atoms with Gasteiger partial charge in [-0.15, -0.1) is 0 Å². The summed E-state index contributed by atoms with van der Waals surface area (Å²) >= 11 is 5.83. The molecule has 0 spiro atoms.